The van der Waals surface area contributed by atoms with Crippen molar-refractivity contribution in [1.29, 1.82) is 0 Å². The molecule has 0 amide bonds. The van der Waals surface area contributed by atoms with Gasteiger partial charge in [0, 0.05) is 24.3 Å². The molecule has 2 nitrogen and oxygen atoms in total. The van der Waals surface area contributed by atoms with Crippen LogP contribution in [0, 0.1) is 6.92 Å². The van der Waals surface area contributed by atoms with Gasteiger partial charge in [0.15, 0.2) is 0 Å². The summed E-state index contributed by atoms with van der Waals surface area (Å²) in [5, 5.41) is 3.50. The molecule has 0 atom stereocenters. The highest BCUT2D eigenvalue weighted by atomic mass is 15.2. The van der Waals surface area contributed by atoms with Gasteiger partial charge in [0.1, 0.15) is 0 Å². The second kappa shape index (κ2) is 6.06. The quantitative estimate of drug-likeness (QED) is 0.810. The first kappa shape index (κ1) is 14.0. The molecule has 0 bridgehead atoms. The van der Waals surface area contributed by atoms with Gasteiger partial charge in [-0.2, -0.15) is 0 Å². The van der Waals surface area contributed by atoms with E-state index in [2.05, 4.69) is 69.2 Å². The Balaban J connectivity index is 2.41. The Morgan fingerprint density at radius 2 is 1.88 bits per heavy atom. The monoisotopic (exact) mass is 234 g/mol. The molecular weight excluding hydrogens is 208 g/mol. The lowest BCUT2D eigenvalue weighted by molar-refractivity contribution is 0.157. The summed E-state index contributed by atoms with van der Waals surface area (Å²) in [6, 6.07) is 8.43. The van der Waals surface area contributed by atoms with Crippen molar-refractivity contribution in [3.05, 3.63) is 29.8 Å². The van der Waals surface area contributed by atoms with Crippen LogP contribution in [0.3, 0.4) is 0 Å². The van der Waals surface area contributed by atoms with E-state index < -0.39 is 0 Å². The van der Waals surface area contributed by atoms with Crippen LogP contribution in [0.5, 0.6) is 0 Å². The summed E-state index contributed by atoms with van der Waals surface area (Å²) in [7, 11) is 2.20. The summed E-state index contributed by atoms with van der Waals surface area (Å²) in [6.07, 6.45) is 1.17. The number of anilines is 1. The predicted octanol–water partition coefficient (Wildman–Crippen LogP) is 3.53. The molecule has 2 heteroatoms. The SMILES string of the molecule is CCC(C)(C)N(C)CCNc1ccccc1C. The number of rotatable bonds is 6. The fourth-order valence-corrected chi connectivity index (χ4v) is 1.70. The van der Waals surface area contributed by atoms with Crippen molar-refractivity contribution in [3.63, 3.8) is 0 Å². The van der Waals surface area contributed by atoms with Crippen LogP contribution < -0.4 is 5.32 Å². The van der Waals surface area contributed by atoms with Crippen molar-refractivity contribution in [1.82, 2.24) is 4.90 Å². The molecule has 17 heavy (non-hydrogen) atoms. The number of aryl methyl sites for hydroxylation is 1. The fraction of sp³-hybridized carbons (Fsp3) is 0.600. The van der Waals surface area contributed by atoms with Gasteiger partial charge >= 0.3 is 0 Å². The zero-order valence-electron chi connectivity index (χ0n) is 11.9. The number of nitrogens with one attached hydrogen (secondary N) is 1. The lowest BCUT2D eigenvalue weighted by Gasteiger charge is -2.34. The fourth-order valence-electron chi connectivity index (χ4n) is 1.70. The van der Waals surface area contributed by atoms with Gasteiger partial charge in [0.05, 0.1) is 0 Å². The number of hydrogen-bond donors (Lipinski definition) is 1. The van der Waals surface area contributed by atoms with Crippen molar-refractivity contribution in [2.45, 2.75) is 39.7 Å². The lowest BCUT2D eigenvalue weighted by Crippen LogP contribution is -2.42. The van der Waals surface area contributed by atoms with E-state index in [0.29, 0.717) is 0 Å². The number of benzene rings is 1. The Morgan fingerprint density at radius 1 is 1.24 bits per heavy atom. The third kappa shape index (κ3) is 4.04. The second-order valence-electron chi connectivity index (χ2n) is 5.33. The molecule has 0 aliphatic heterocycles. The minimum Gasteiger partial charge on any atom is -0.384 e. The molecule has 0 fully saturated rings. The van der Waals surface area contributed by atoms with Crippen molar-refractivity contribution in [3.8, 4) is 0 Å². The molecule has 0 heterocycles. The van der Waals surface area contributed by atoms with Crippen LogP contribution in [0.15, 0.2) is 24.3 Å². The topological polar surface area (TPSA) is 15.3 Å². The largest absolute Gasteiger partial charge is 0.384 e. The summed E-state index contributed by atoms with van der Waals surface area (Å²) in [5.41, 5.74) is 2.84. The van der Waals surface area contributed by atoms with Crippen LogP contribution in [-0.2, 0) is 0 Å². The average molecular weight is 234 g/mol. The molecule has 1 aromatic rings. The van der Waals surface area contributed by atoms with Crippen LogP contribution >= 0.6 is 0 Å². The van der Waals surface area contributed by atoms with E-state index in [9.17, 15) is 0 Å². The normalized spacial score (nSPS) is 11.9. The Hall–Kier alpha value is -1.02. The molecule has 0 saturated carbocycles. The van der Waals surface area contributed by atoms with E-state index in [1.807, 2.05) is 0 Å². The maximum absolute atomic E-state index is 3.50. The minimum absolute atomic E-state index is 0.285. The summed E-state index contributed by atoms with van der Waals surface area (Å²) < 4.78 is 0. The highest BCUT2D eigenvalue weighted by molar-refractivity contribution is 5.50. The first-order valence-corrected chi connectivity index (χ1v) is 6.48. The van der Waals surface area contributed by atoms with Crippen molar-refractivity contribution in [2.75, 3.05) is 25.5 Å². The van der Waals surface area contributed by atoms with E-state index in [0.717, 1.165) is 13.1 Å². The summed E-state index contributed by atoms with van der Waals surface area (Å²) in [4.78, 5) is 2.41. The Labute approximate surface area is 106 Å². The molecule has 1 aromatic carbocycles. The predicted molar refractivity (Wildman–Crippen MR) is 76.7 cm³/mol. The zero-order valence-corrected chi connectivity index (χ0v) is 11.9. The number of nitrogens with zero attached hydrogens (tertiary/aromatic N) is 1. The molecule has 96 valence electrons. The first-order chi connectivity index (χ1) is 7.97. The maximum Gasteiger partial charge on any atom is 0.0370 e. The minimum atomic E-state index is 0.285. The van der Waals surface area contributed by atoms with E-state index in [1.165, 1.54) is 17.7 Å². The second-order valence-corrected chi connectivity index (χ2v) is 5.33. The van der Waals surface area contributed by atoms with Crippen LogP contribution in [-0.4, -0.2) is 30.6 Å². The molecule has 0 unspecified atom stereocenters. The Bertz CT molecular complexity index is 345. The molecule has 0 spiro atoms. The zero-order chi connectivity index (χ0) is 12.9. The van der Waals surface area contributed by atoms with E-state index in [1.54, 1.807) is 0 Å². The number of hydrogen-bond acceptors (Lipinski definition) is 2. The van der Waals surface area contributed by atoms with Gasteiger partial charge in [0.25, 0.3) is 0 Å². The van der Waals surface area contributed by atoms with Gasteiger partial charge < -0.3 is 5.32 Å². The molecule has 0 radical (unpaired) electrons. The molecule has 0 aromatic heterocycles. The molecule has 0 saturated heterocycles. The van der Waals surface area contributed by atoms with E-state index in [-0.39, 0.29) is 5.54 Å². The lowest BCUT2D eigenvalue weighted by atomic mass is 10.0. The van der Waals surface area contributed by atoms with Gasteiger partial charge in [-0.15, -0.1) is 0 Å². The maximum atomic E-state index is 3.50. The third-order valence-corrected chi connectivity index (χ3v) is 3.81. The van der Waals surface area contributed by atoms with Crippen LogP contribution in [0.2, 0.25) is 0 Å². The van der Waals surface area contributed by atoms with Gasteiger partial charge in [0.2, 0.25) is 0 Å². The van der Waals surface area contributed by atoms with Gasteiger partial charge in [-0.3, -0.25) is 4.90 Å². The highest BCUT2D eigenvalue weighted by Gasteiger charge is 2.20. The van der Waals surface area contributed by atoms with Crippen molar-refractivity contribution < 1.29 is 0 Å². The van der Waals surface area contributed by atoms with Gasteiger partial charge in [-0.05, 0) is 45.9 Å². The number of likely N-dealkylation sites (N-methyl/N-ethyl adjacent to an activating group) is 1. The van der Waals surface area contributed by atoms with Gasteiger partial charge in [-0.1, -0.05) is 25.1 Å². The highest BCUT2D eigenvalue weighted by Crippen LogP contribution is 2.16. The summed E-state index contributed by atoms with van der Waals surface area (Å²) in [5.74, 6) is 0. The summed E-state index contributed by atoms with van der Waals surface area (Å²) in [6.45, 7) is 11.0. The smallest absolute Gasteiger partial charge is 0.0370 e. The molecule has 0 aliphatic rings. The average Bonchev–Trinajstić information content (AvgIpc) is 2.31. The van der Waals surface area contributed by atoms with Gasteiger partial charge in [-0.25, -0.2) is 0 Å². The van der Waals surface area contributed by atoms with Crippen LogP contribution in [0.25, 0.3) is 0 Å². The van der Waals surface area contributed by atoms with Crippen LogP contribution in [0.4, 0.5) is 5.69 Å². The molecular formula is C15H26N2. The van der Waals surface area contributed by atoms with Crippen molar-refractivity contribution in [2.24, 2.45) is 0 Å². The van der Waals surface area contributed by atoms with Crippen LogP contribution in [0.1, 0.15) is 32.8 Å². The Morgan fingerprint density at radius 3 is 2.47 bits per heavy atom. The van der Waals surface area contributed by atoms with Crippen molar-refractivity contribution >= 4 is 5.69 Å². The first-order valence-electron chi connectivity index (χ1n) is 6.48. The van der Waals surface area contributed by atoms with E-state index in [4.69, 9.17) is 0 Å². The Kier molecular flexibility index (Phi) is 5.01. The molecule has 0 aliphatic carbocycles. The standard InChI is InChI=1S/C15H26N2/c1-6-15(3,4)17(5)12-11-16-14-10-8-7-9-13(14)2/h7-10,16H,6,11-12H2,1-5H3. The third-order valence-electron chi connectivity index (χ3n) is 3.81. The molecule has 1 rings (SSSR count). The summed E-state index contributed by atoms with van der Waals surface area (Å²) >= 11 is 0. The number of para-hydroxylation sites is 1. The molecule has 1 N–H and O–H groups in total. The van der Waals surface area contributed by atoms with E-state index >= 15 is 0 Å².